The van der Waals surface area contributed by atoms with Crippen molar-refractivity contribution in [2.75, 3.05) is 12.3 Å². The highest BCUT2D eigenvalue weighted by Gasteiger charge is 2.26. The molecule has 5 heteroatoms. The van der Waals surface area contributed by atoms with Crippen LogP contribution < -0.4 is 5.32 Å². The van der Waals surface area contributed by atoms with Crippen molar-refractivity contribution >= 4 is 34.0 Å². The highest BCUT2D eigenvalue weighted by Crippen LogP contribution is 2.31. The van der Waals surface area contributed by atoms with Gasteiger partial charge >= 0.3 is 0 Å². The molecule has 1 aromatic carbocycles. The maximum atomic E-state index is 12.7. The molecule has 2 unspecified atom stereocenters. The highest BCUT2D eigenvalue weighted by atomic mass is 35.5. The van der Waals surface area contributed by atoms with Crippen LogP contribution in [0.2, 0.25) is 10.0 Å². The fourth-order valence-corrected chi connectivity index (χ4v) is 5.47. The van der Waals surface area contributed by atoms with Crippen LogP contribution in [-0.4, -0.2) is 22.5 Å². The second-order valence-corrected chi connectivity index (χ2v) is 7.87. The van der Waals surface area contributed by atoms with E-state index in [0.29, 0.717) is 26.6 Å². The van der Waals surface area contributed by atoms with Crippen LogP contribution in [0, 0.1) is 5.92 Å². The Kier molecular flexibility index (Phi) is 7.00. The van der Waals surface area contributed by atoms with Gasteiger partial charge in [0.15, 0.2) is 0 Å². The van der Waals surface area contributed by atoms with Gasteiger partial charge in [0.2, 0.25) is 0 Å². The molecular formula is C16H23Cl2NOS. The summed E-state index contributed by atoms with van der Waals surface area (Å²) in [5, 5.41) is 4.51. The molecular weight excluding hydrogens is 325 g/mol. The molecule has 1 aliphatic rings. The van der Waals surface area contributed by atoms with Gasteiger partial charge in [-0.05, 0) is 37.4 Å². The lowest BCUT2D eigenvalue weighted by Gasteiger charge is -2.30. The molecule has 1 saturated carbocycles. The minimum absolute atomic E-state index is 0.281. The van der Waals surface area contributed by atoms with Gasteiger partial charge in [-0.3, -0.25) is 4.21 Å². The number of hydrogen-bond acceptors (Lipinski definition) is 2. The van der Waals surface area contributed by atoms with Gasteiger partial charge in [-0.1, -0.05) is 55.5 Å². The van der Waals surface area contributed by atoms with Gasteiger partial charge in [0, 0.05) is 11.8 Å². The van der Waals surface area contributed by atoms with Crippen LogP contribution in [-0.2, 0) is 10.8 Å². The molecule has 0 saturated heterocycles. The molecule has 1 aromatic rings. The number of nitrogens with one attached hydrogen (secondary N) is 1. The molecule has 2 atom stereocenters. The SMILES string of the molecule is CCNC(CS(=O)c1c(Cl)cccc1Cl)C1CCCCC1. The minimum atomic E-state index is -1.17. The third kappa shape index (κ3) is 4.69. The van der Waals surface area contributed by atoms with Crippen molar-refractivity contribution in [1.29, 1.82) is 0 Å². The molecule has 21 heavy (non-hydrogen) atoms. The Balaban J connectivity index is 2.10. The van der Waals surface area contributed by atoms with Crippen LogP contribution in [0.15, 0.2) is 23.1 Å². The van der Waals surface area contributed by atoms with Gasteiger partial charge in [0.05, 0.1) is 25.7 Å². The van der Waals surface area contributed by atoms with E-state index in [1.807, 2.05) is 0 Å². The van der Waals surface area contributed by atoms with E-state index in [0.717, 1.165) is 6.54 Å². The van der Waals surface area contributed by atoms with E-state index in [9.17, 15) is 4.21 Å². The Labute approximate surface area is 140 Å². The molecule has 1 N–H and O–H groups in total. The summed E-state index contributed by atoms with van der Waals surface area (Å²) in [5.41, 5.74) is 0. The smallest absolute Gasteiger partial charge is 0.0760 e. The van der Waals surface area contributed by atoms with Crippen LogP contribution in [0.5, 0.6) is 0 Å². The fraction of sp³-hybridized carbons (Fsp3) is 0.625. The lowest BCUT2D eigenvalue weighted by atomic mass is 9.84. The van der Waals surface area contributed by atoms with E-state index in [-0.39, 0.29) is 6.04 Å². The predicted molar refractivity (Wildman–Crippen MR) is 91.8 cm³/mol. The van der Waals surface area contributed by atoms with Crippen molar-refractivity contribution in [3.05, 3.63) is 28.2 Å². The normalized spacial score (nSPS) is 19.4. The third-order valence-electron chi connectivity index (χ3n) is 4.16. The zero-order valence-corrected chi connectivity index (χ0v) is 14.7. The van der Waals surface area contributed by atoms with Crippen LogP contribution in [0.3, 0.4) is 0 Å². The van der Waals surface area contributed by atoms with E-state index in [1.54, 1.807) is 18.2 Å². The first-order valence-electron chi connectivity index (χ1n) is 7.69. The maximum absolute atomic E-state index is 12.7. The van der Waals surface area contributed by atoms with Gasteiger partial charge in [-0.15, -0.1) is 0 Å². The van der Waals surface area contributed by atoms with E-state index in [1.165, 1.54) is 32.1 Å². The zero-order valence-electron chi connectivity index (χ0n) is 12.4. The topological polar surface area (TPSA) is 29.1 Å². The highest BCUT2D eigenvalue weighted by molar-refractivity contribution is 7.85. The van der Waals surface area contributed by atoms with Crippen molar-refractivity contribution in [2.24, 2.45) is 5.92 Å². The standard InChI is InChI=1S/C16H23Cl2NOS/c1-2-19-15(12-7-4-3-5-8-12)11-21(20)16-13(17)9-6-10-14(16)18/h6,9-10,12,15,19H,2-5,7-8,11H2,1H3. The van der Waals surface area contributed by atoms with Gasteiger partial charge in [-0.2, -0.15) is 0 Å². The van der Waals surface area contributed by atoms with Crippen LogP contribution in [0.4, 0.5) is 0 Å². The predicted octanol–water partition coefficient (Wildman–Crippen LogP) is 4.66. The average molecular weight is 348 g/mol. The summed E-state index contributed by atoms with van der Waals surface area (Å²) in [6.07, 6.45) is 6.35. The van der Waals surface area contributed by atoms with Crippen molar-refractivity contribution in [1.82, 2.24) is 5.32 Å². The maximum Gasteiger partial charge on any atom is 0.0760 e. The molecule has 0 amide bonds. The Hall–Kier alpha value is -0.0900. The molecule has 0 bridgehead atoms. The Bertz CT molecular complexity index is 469. The first-order valence-corrected chi connectivity index (χ1v) is 9.76. The Morgan fingerprint density at radius 2 is 1.86 bits per heavy atom. The molecule has 1 aliphatic carbocycles. The molecule has 2 nitrogen and oxygen atoms in total. The summed E-state index contributed by atoms with van der Waals surface area (Å²) in [6, 6.07) is 5.57. The molecule has 1 fully saturated rings. The summed E-state index contributed by atoms with van der Waals surface area (Å²) in [4.78, 5) is 0.583. The lowest BCUT2D eigenvalue weighted by molar-refractivity contribution is 0.287. The monoisotopic (exact) mass is 347 g/mol. The number of benzene rings is 1. The summed E-state index contributed by atoms with van der Waals surface area (Å²) in [7, 11) is -1.17. The van der Waals surface area contributed by atoms with Crippen LogP contribution in [0.25, 0.3) is 0 Å². The van der Waals surface area contributed by atoms with Gasteiger partial charge in [0.25, 0.3) is 0 Å². The number of rotatable bonds is 6. The van der Waals surface area contributed by atoms with Gasteiger partial charge < -0.3 is 5.32 Å². The Morgan fingerprint density at radius 1 is 1.24 bits per heavy atom. The summed E-state index contributed by atoms with van der Waals surface area (Å²) in [5.74, 6) is 1.20. The molecule has 0 radical (unpaired) electrons. The fourth-order valence-electron chi connectivity index (χ4n) is 3.11. The molecule has 2 rings (SSSR count). The first kappa shape index (κ1) is 17.3. The molecule has 0 aromatic heterocycles. The minimum Gasteiger partial charge on any atom is -0.313 e. The summed E-state index contributed by atoms with van der Waals surface area (Å²) >= 11 is 12.3. The second kappa shape index (κ2) is 8.52. The van der Waals surface area contributed by atoms with E-state index >= 15 is 0 Å². The lowest BCUT2D eigenvalue weighted by Crippen LogP contribution is -2.41. The first-order chi connectivity index (χ1) is 10.1. The van der Waals surface area contributed by atoms with Crippen molar-refractivity contribution in [3.63, 3.8) is 0 Å². The van der Waals surface area contributed by atoms with E-state index < -0.39 is 10.8 Å². The van der Waals surface area contributed by atoms with Gasteiger partial charge in [0.1, 0.15) is 0 Å². The molecule has 118 valence electrons. The van der Waals surface area contributed by atoms with Crippen molar-refractivity contribution in [2.45, 2.75) is 50.0 Å². The quantitative estimate of drug-likeness (QED) is 0.810. The van der Waals surface area contributed by atoms with Crippen molar-refractivity contribution < 1.29 is 4.21 Å². The average Bonchev–Trinajstić information content (AvgIpc) is 2.47. The number of halogens is 2. The van der Waals surface area contributed by atoms with E-state index in [4.69, 9.17) is 23.2 Å². The second-order valence-electron chi connectivity index (χ2n) is 5.63. The molecule has 0 aliphatic heterocycles. The summed E-state index contributed by atoms with van der Waals surface area (Å²) in [6.45, 7) is 3.00. The largest absolute Gasteiger partial charge is 0.313 e. The van der Waals surface area contributed by atoms with Gasteiger partial charge in [-0.25, -0.2) is 0 Å². The molecule has 0 spiro atoms. The van der Waals surface area contributed by atoms with Crippen molar-refractivity contribution in [3.8, 4) is 0 Å². The zero-order chi connectivity index (χ0) is 15.2. The van der Waals surface area contributed by atoms with E-state index in [2.05, 4.69) is 12.2 Å². The third-order valence-corrected chi connectivity index (χ3v) is 6.57. The summed E-state index contributed by atoms with van der Waals surface area (Å²) < 4.78 is 12.7. The Morgan fingerprint density at radius 3 is 2.43 bits per heavy atom. The van der Waals surface area contributed by atoms with Crippen LogP contribution in [0.1, 0.15) is 39.0 Å². The molecule has 0 heterocycles. The van der Waals surface area contributed by atoms with Crippen LogP contribution >= 0.6 is 23.2 Å². The number of hydrogen-bond donors (Lipinski definition) is 1.